The van der Waals surface area contributed by atoms with Gasteiger partial charge >= 0.3 is 0 Å². The monoisotopic (exact) mass is 460 g/mol. The van der Waals surface area contributed by atoms with Crippen LogP contribution in [0.15, 0.2) is 66.7 Å². The Kier molecular flexibility index (Phi) is 5.17. The molecule has 0 spiro atoms. The highest BCUT2D eigenvalue weighted by molar-refractivity contribution is 6.30. The Labute approximate surface area is 196 Å². The van der Waals surface area contributed by atoms with Crippen LogP contribution in [0.1, 0.15) is 44.8 Å². The van der Waals surface area contributed by atoms with Crippen LogP contribution in [0.4, 0.5) is 5.69 Å². The van der Waals surface area contributed by atoms with E-state index in [-0.39, 0.29) is 5.91 Å². The summed E-state index contributed by atoms with van der Waals surface area (Å²) in [5.74, 6) is -0.498. The SMILES string of the molecule is CCOc1ccc(C2C(N3C(=O)c4ccccc4C3=O)C(=O)N2c2ccc(Cl)cc2C)cc1. The molecule has 2 unspecified atom stereocenters. The van der Waals surface area contributed by atoms with Gasteiger partial charge in [-0.05, 0) is 67.4 Å². The number of amides is 3. The molecule has 33 heavy (non-hydrogen) atoms. The second-order valence-corrected chi connectivity index (χ2v) is 8.49. The van der Waals surface area contributed by atoms with Crippen molar-refractivity contribution in [3.63, 3.8) is 0 Å². The first-order valence-corrected chi connectivity index (χ1v) is 11.1. The Morgan fingerprint density at radius 1 is 0.848 bits per heavy atom. The lowest BCUT2D eigenvalue weighted by atomic mass is 9.85. The van der Waals surface area contributed by atoms with Gasteiger partial charge in [-0.2, -0.15) is 0 Å². The van der Waals surface area contributed by atoms with Gasteiger partial charge in [-0.1, -0.05) is 35.9 Å². The van der Waals surface area contributed by atoms with Gasteiger partial charge in [0.2, 0.25) is 0 Å². The Morgan fingerprint density at radius 2 is 1.48 bits per heavy atom. The van der Waals surface area contributed by atoms with Crippen LogP contribution in [-0.4, -0.2) is 35.3 Å². The molecule has 2 heterocycles. The molecule has 2 atom stereocenters. The molecule has 3 aromatic carbocycles. The smallest absolute Gasteiger partial charge is 0.262 e. The van der Waals surface area contributed by atoms with Crippen molar-refractivity contribution in [3.05, 3.63) is 94.0 Å². The molecule has 1 saturated heterocycles. The van der Waals surface area contributed by atoms with Crippen LogP contribution in [0.5, 0.6) is 5.75 Å². The zero-order valence-electron chi connectivity index (χ0n) is 18.1. The fourth-order valence-electron chi connectivity index (χ4n) is 4.60. The minimum Gasteiger partial charge on any atom is -0.494 e. The van der Waals surface area contributed by atoms with E-state index in [1.54, 1.807) is 47.4 Å². The summed E-state index contributed by atoms with van der Waals surface area (Å²) in [6, 6.07) is 17.9. The van der Waals surface area contributed by atoms with Gasteiger partial charge in [-0.3, -0.25) is 19.3 Å². The lowest BCUT2D eigenvalue weighted by Crippen LogP contribution is -2.67. The summed E-state index contributed by atoms with van der Waals surface area (Å²) in [6.07, 6.45) is 0. The number of fused-ring (bicyclic) bond motifs is 1. The predicted octanol–water partition coefficient (Wildman–Crippen LogP) is 4.80. The number of carbonyl (C=O) groups excluding carboxylic acids is 3. The van der Waals surface area contributed by atoms with Gasteiger partial charge in [-0.15, -0.1) is 0 Å². The molecule has 2 aliphatic heterocycles. The zero-order valence-corrected chi connectivity index (χ0v) is 18.9. The van der Waals surface area contributed by atoms with Crippen molar-refractivity contribution in [1.82, 2.24) is 4.90 Å². The van der Waals surface area contributed by atoms with Gasteiger partial charge < -0.3 is 9.64 Å². The van der Waals surface area contributed by atoms with Crippen LogP contribution in [0.25, 0.3) is 0 Å². The van der Waals surface area contributed by atoms with Crippen molar-refractivity contribution in [2.75, 3.05) is 11.5 Å². The zero-order chi connectivity index (χ0) is 23.3. The number of halogens is 1. The highest BCUT2D eigenvalue weighted by Crippen LogP contribution is 2.45. The molecule has 3 amide bonds. The molecular weight excluding hydrogens is 440 g/mol. The number of rotatable bonds is 5. The number of anilines is 1. The molecule has 0 bridgehead atoms. The standard InChI is InChI=1S/C26H21ClN2O4/c1-3-33-18-11-8-16(9-12-18)22-23(26(32)28(22)21-13-10-17(27)14-15(21)2)29-24(30)19-6-4-5-7-20(19)25(29)31/h4-14,22-23H,3H2,1-2H3. The Hall–Kier alpha value is -3.64. The summed E-state index contributed by atoms with van der Waals surface area (Å²) in [5, 5.41) is 0.568. The number of aryl methyl sites for hydroxylation is 1. The molecule has 2 aliphatic rings. The first-order chi connectivity index (χ1) is 15.9. The van der Waals surface area contributed by atoms with E-state index in [0.29, 0.717) is 34.2 Å². The number of β-lactam (4-membered cyclic amide) rings is 1. The largest absolute Gasteiger partial charge is 0.494 e. The highest BCUT2D eigenvalue weighted by atomic mass is 35.5. The maximum Gasteiger partial charge on any atom is 0.262 e. The molecule has 0 aliphatic carbocycles. The molecule has 0 saturated carbocycles. The summed E-state index contributed by atoms with van der Waals surface area (Å²) < 4.78 is 5.55. The summed E-state index contributed by atoms with van der Waals surface area (Å²) in [6.45, 7) is 4.32. The Bertz CT molecular complexity index is 1250. The van der Waals surface area contributed by atoms with E-state index in [4.69, 9.17) is 16.3 Å². The molecule has 166 valence electrons. The second kappa shape index (κ2) is 8.05. The molecule has 1 fully saturated rings. The summed E-state index contributed by atoms with van der Waals surface area (Å²) in [4.78, 5) is 42.6. The number of benzene rings is 3. The normalized spacial score (nSPS) is 19.5. The van der Waals surface area contributed by atoms with Crippen LogP contribution < -0.4 is 9.64 Å². The molecule has 0 radical (unpaired) electrons. The maximum atomic E-state index is 13.5. The summed E-state index contributed by atoms with van der Waals surface area (Å²) in [5.41, 5.74) is 2.96. The van der Waals surface area contributed by atoms with Gasteiger partial charge in [0, 0.05) is 10.7 Å². The van der Waals surface area contributed by atoms with Crippen molar-refractivity contribution >= 4 is 35.0 Å². The number of nitrogens with zero attached hydrogens (tertiary/aromatic N) is 2. The quantitative estimate of drug-likeness (QED) is 0.405. The highest BCUT2D eigenvalue weighted by Gasteiger charge is 2.57. The van der Waals surface area contributed by atoms with E-state index in [2.05, 4.69) is 0 Å². The van der Waals surface area contributed by atoms with E-state index in [0.717, 1.165) is 16.0 Å². The lowest BCUT2D eigenvalue weighted by molar-refractivity contribution is -0.130. The molecule has 0 N–H and O–H groups in total. The minimum atomic E-state index is -0.939. The van der Waals surface area contributed by atoms with E-state index in [9.17, 15) is 14.4 Å². The van der Waals surface area contributed by atoms with Gasteiger partial charge in [0.15, 0.2) is 0 Å². The van der Waals surface area contributed by atoms with Crippen LogP contribution in [0.2, 0.25) is 5.02 Å². The van der Waals surface area contributed by atoms with Crippen LogP contribution in [0, 0.1) is 6.92 Å². The third-order valence-electron chi connectivity index (χ3n) is 6.12. The van der Waals surface area contributed by atoms with Crippen LogP contribution in [-0.2, 0) is 4.79 Å². The summed E-state index contributed by atoms with van der Waals surface area (Å²) in [7, 11) is 0. The molecule has 5 rings (SSSR count). The fraction of sp³-hybridized carbons (Fsp3) is 0.192. The lowest BCUT2D eigenvalue weighted by Gasteiger charge is -2.50. The van der Waals surface area contributed by atoms with Crippen LogP contribution >= 0.6 is 11.6 Å². The topological polar surface area (TPSA) is 66.9 Å². The van der Waals surface area contributed by atoms with Gasteiger partial charge in [0.25, 0.3) is 17.7 Å². The Morgan fingerprint density at radius 3 is 2.06 bits per heavy atom. The molecule has 0 aromatic heterocycles. The molecular formula is C26H21ClN2O4. The van der Waals surface area contributed by atoms with E-state index < -0.39 is 23.9 Å². The third kappa shape index (κ3) is 3.29. The van der Waals surface area contributed by atoms with Crippen molar-refractivity contribution in [2.45, 2.75) is 25.9 Å². The predicted molar refractivity (Wildman–Crippen MR) is 125 cm³/mol. The van der Waals surface area contributed by atoms with Gasteiger partial charge in [0.05, 0.1) is 23.8 Å². The molecule has 6 nitrogen and oxygen atoms in total. The van der Waals surface area contributed by atoms with Gasteiger partial charge in [0.1, 0.15) is 11.8 Å². The van der Waals surface area contributed by atoms with Crippen LogP contribution in [0.3, 0.4) is 0 Å². The van der Waals surface area contributed by atoms with E-state index in [1.807, 2.05) is 38.1 Å². The number of carbonyl (C=O) groups is 3. The molecule has 3 aromatic rings. The fourth-order valence-corrected chi connectivity index (χ4v) is 4.83. The van der Waals surface area contributed by atoms with Crippen molar-refractivity contribution in [3.8, 4) is 5.75 Å². The number of imide groups is 1. The van der Waals surface area contributed by atoms with E-state index >= 15 is 0 Å². The first kappa shape index (κ1) is 21.2. The first-order valence-electron chi connectivity index (χ1n) is 10.7. The second-order valence-electron chi connectivity index (χ2n) is 8.06. The minimum absolute atomic E-state index is 0.311. The van der Waals surface area contributed by atoms with Gasteiger partial charge in [-0.25, -0.2) is 0 Å². The number of hydrogen-bond donors (Lipinski definition) is 0. The number of ether oxygens (including phenoxy) is 1. The maximum absolute atomic E-state index is 13.5. The summed E-state index contributed by atoms with van der Waals surface area (Å²) >= 11 is 6.13. The Balaban J connectivity index is 1.58. The van der Waals surface area contributed by atoms with Crippen molar-refractivity contribution < 1.29 is 19.1 Å². The van der Waals surface area contributed by atoms with E-state index in [1.165, 1.54) is 0 Å². The average Bonchev–Trinajstić information content (AvgIpc) is 3.05. The van der Waals surface area contributed by atoms with Crippen molar-refractivity contribution in [1.29, 1.82) is 0 Å². The third-order valence-corrected chi connectivity index (χ3v) is 6.36. The van der Waals surface area contributed by atoms with Crippen molar-refractivity contribution in [2.24, 2.45) is 0 Å². The number of hydrogen-bond acceptors (Lipinski definition) is 4. The molecule has 7 heteroatoms. The average molecular weight is 461 g/mol.